The largest absolute Gasteiger partial charge is 0.354 e. The first-order valence-electron chi connectivity index (χ1n) is 9.38. The number of piperazine rings is 1. The van der Waals surface area contributed by atoms with Crippen molar-refractivity contribution < 1.29 is 9.59 Å². The molecule has 3 heterocycles. The summed E-state index contributed by atoms with van der Waals surface area (Å²) in [5.41, 5.74) is 0.626. The zero-order valence-corrected chi connectivity index (χ0v) is 15.9. The summed E-state index contributed by atoms with van der Waals surface area (Å²) in [6, 6.07) is 3.62. The highest BCUT2D eigenvalue weighted by atomic mass is 16.2. The monoisotopic (exact) mass is 359 g/mol. The second kappa shape index (κ2) is 8.03. The predicted octanol–water partition coefficient (Wildman–Crippen LogP) is 0.820. The van der Waals surface area contributed by atoms with E-state index in [1.54, 1.807) is 19.2 Å². The van der Waals surface area contributed by atoms with Crippen LogP contribution in [0.15, 0.2) is 18.3 Å². The van der Waals surface area contributed by atoms with Crippen LogP contribution in [0.5, 0.6) is 0 Å². The molecule has 2 unspecified atom stereocenters. The van der Waals surface area contributed by atoms with E-state index in [0.717, 1.165) is 45.0 Å². The minimum atomic E-state index is -0.0922. The molecule has 1 N–H and O–H groups in total. The number of aromatic nitrogens is 1. The molecule has 0 radical (unpaired) electrons. The number of hydrogen-bond acceptors (Lipinski definition) is 5. The highest BCUT2D eigenvalue weighted by Crippen LogP contribution is 2.18. The number of carbonyl (C=O) groups excluding carboxylic acids is 2. The van der Waals surface area contributed by atoms with Gasteiger partial charge in [-0.25, -0.2) is 4.98 Å². The summed E-state index contributed by atoms with van der Waals surface area (Å²) in [6.07, 6.45) is 2.60. The minimum absolute atomic E-state index is 0.00426. The van der Waals surface area contributed by atoms with Crippen molar-refractivity contribution in [3.8, 4) is 0 Å². The van der Waals surface area contributed by atoms with Crippen molar-refractivity contribution in [3.05, 3.63) is 23.9 Å². The van der Waals surface area contributed by atoms with Gasteiger partial charge in [-0.2, -0.15) is 0 Å². The molecule has 1 aromatic heterocycles. The fourth-order valence-electron chi connectivity index (χ4n) is 3.75. The number of likely N-dealkylation sites (tertiary alicyclic amines) is 1. The zero-order chi connectivity index (χ0) is 18.7. The molecule has 26 heavy (non-hydrogen) atoms. The molecule has 7 heteroatoms. The maximum absolute atomic E-state index is 12.7. The van der Waals surface area contributed by atoms with Crippen LogP contribution in [0.3, 0.4) is 0 Å². The number of hydrogen-bond donors (Lipinski definition) is 1. The Bertz CT molecular complexity index is 657. The zero-order valence-electron chi connectivity index (χ0n) is 15.9. The fraction of sp³-hybridized carbons (Fsp3) is 0.632. The molecular formula is C19H29N5O2. The lowest BCUT2D eigenvalue weighted by Gasteiger charge is -2.36. The fourth-order valence-corrected chi connectivity index (χ4v) is 3.75. The van der Waals surface area contributed by atoms with Crippen LogP contribution in [0.4, 0.5) is 5.82 Å². The molecule has 2 atom stereocenters. The first-order chi connectivity index (χ1) is 12.4. The Morgan fingerprint density at radius 2 is 1.92 bits per heavy atom. The van der Waals surface area contributed by atoms with Crippen LogP contribution in [0.1, 0.15) is 30.6 Å². The van der Waals surface area contributed by atoms with E-state index in [9.17, 15) is 9.59 Å². The third-order valence-corrected chi connectivity index (χ3v) is 5.28. The van der Waals surface area contributed by atoms with E-state index in [1.807, 2.05) is 11.0 Å². The Morgan fingerprint density at radius 1 is 1.19 bits per heavy atom. The summed E-state index contributed by atoms with van der Waals surface area (Å²) in [4.78, 5) is 35.2. The molecule has 2 fully saturated rings. The first kappa shape index (κ1) is 18.6. The Hall–Kier alpha value is -2.15. The highest BCUT2D eigenvalue weighted by molar-refractivity contribution is 5.95. The molecule has 0 spiro atoms. The standard InChI is InChI=1S/C19H29N5O2/c1-14-10-17(13-24(12-14)15(2)25)21-19(26)16-4-5-20-18(11-16)23-8-6-22(3)7-9-23/h4-5,11,14,17H,6-10,12-13H2,1-3H3,(H,21,26). The molecule has 2 aliphatic heterocycles. The molecule has 0 bridgehead atoms. The van der Waals surface area contributed by atoms with Gasteiger partial charge in [-0.3, -0.25) is 9.59 Å². The van der Waals surface area contributed by atoms with E-state index in [-0.39, 0.29) is 17.9 Å². The molecule has 0 aliphatic carbocycles. The summed E-state index contributed by atoms with van der Waals surface area (Å²) >= 11 is 0. The Balaban J connectivity index is 1.64. The molecule has 0 saturated carbocycles. The summed E-state index contributed by atoms with van der Waals surface area (Å²) in [7, 11) is 2.12. The predicted molar refractivity (Wildman–Crippen MR) is 101 cm³/mol. The smallest absolute Gasteiger partial charge is 0.251 e. The van der Waals surface area contributed by atoms with Crippen LogP contribution < -0.4 is 10.2 Å². The maximum Gasteiger partial charge on any atom is 0.251 e. The molecule has 1 aromatic rings. The van der Waals surface area contributed by atoms with Gasteiger partial charge in [-0.15, -0.1) is 0 Å². The summed E-state index contributed by atoms with van der Waals surface area (Å²) in [5.74, 6) is 1.21. The SMILES string of the molecule is CC(=O)N1CC(C)CC(NC(=O)c2ccnc(N3CCN(C)CC3)c2)C1. The van der Waals surface area contributed by atoms with E-state index in [4.69, 9.17) is 0 Å². The lowest BCUT2D eigenvalue weighted by atomic mass is 9.95. The van der Waals surface area contributed by atoms with Crippen molar-refractivity contribution in [2.24, 2.45) is 5.92 Å². The number of nitrogens with one attached hydrogen (secondary N) is 1. The van der Waals surface area contributed by atoms with Crippen molar-refractivity contribution in [1.29, 1.82) is 0 Å². The molecule has 2 saturated heterocycles. The average molecular weight is 359 g/mol. The second-order valence-electron chi connectivity index (χ2n) is 7.63. The first-order valence-corrected chi connectivity index (χ1v) is 9.38. The second-order valence-corrected chi connectivity index (χ2v) is 7.63. The Morgan fingerprint density at radius 3 is 2.62 bits per heavy atom. The summed E-state index contributed by atoms with van der Waals surface area (Å²) < 4.78 is 0. The van der Waals surface area contributed by atoms with E-state index in [2.05, 4.69) is 34.1 Å². The van der Waals surface area contributed by atoms with Gasteiger partial charge in [0, 0.05) is 64.0 Å². The van der Waals surface area contributed by atoms with Crippen LogP contribution in [-0.2, 0) is 4.79 Å². The van der Waals surface area contributed by atoms with E-state index >= 15 is 0 Å². The Kier molecular flexibility index (Phi) is 5.76. The third kappa shape index (κ3) is 4.52. The van der Waals surface area contributed by atoms with Crippen molar-refractivity contribution in [3.63, 3.8) is 0 Å². The number of piperidine rings is 1. The van der Waals surface area contributed by atoms with E-state index < -0.39 is 0 Å². The van der Waals surface area contributed by atoms with Crippen molar-refractivity contribution in [2.75, 3.05) is 51.2 Å². The van der Waals surface area contributed by atoms with Crippen molar-refractivity contribution >= 4 is 17.6 Å². The molecular weight excluding hydrogens is 330 g/mol. The van der Waals surface area contributed by atoms with Gasteiger partial charge in [-0.1, -0.05) is 6.92 Å². The molecule has 2 amide bonds. The minimum Gasteiger partial charge on any atom is -0.354 e. The molecule has 0 aromatic carbocycles. The van der Waals surface area contributed by atoms with Gasteiger partial charge in [0.25, 0.3) is 5.91 Å². The topological polar surface area (TPSA) is 68.8 Å². The van der Waals surface area contributed by atoms with Gasteiger partial charge < -0.3 is 20.0 Å². The van der Waals surface area contributed by atoms with Gasteiger partial charge in [0.1, 0.15) is 5.82 Å². The molecule has 7 nitrogen and oxygen atoms in total. The van der Waals surface area contributed by atoms with Gasteiger partial charge in [-0.05, 0) is 31.5 Å². The van der Waals surface area contributed by atoms with Gasteiger partial charge in [0.2, 0.25) is 5.91 Å². The average Bonchev–Trinajstić information content (AvgIpc) is 2.62. The lowest BCUT2D eigenvalue weighted by molar-refractivity contribution is -0.131. The highest BCUT2D eigenvalue weighted by Gasteiger charge is 2.27. The van der Waals surface area contributed by atoms with Gasteiger partial charge >= 0.3 is 0 Å². The summed E-state index contributed by atoms with van der Waals surface area (Å²) in [6.45, 7) is 8.89. The van der Waals surface area contributed by atoms with Crippen LogP contribution in [0, 0.1) is 5.92 Å². The third-order valence-electron chi connectivity index (χ3n) is 5.28. The van der Waals surface area contributed by atoms with Crippen LogP contribution in [-0.4, -0.2) is 79.0 Å². The van der Waals surface area contributed by atoms with Crippen LogP contribution in [0.2, 0.25) is 0 Å². The summed E-state index contributed by atoms with van der Waals surface area (Å²) in [5, 5.41) is 3.10. The maximum atomic E-state index is 12.7. The van der Waals surface area contributed by atoms with Crippen LogP contribution >= 0.6 is 0 Å². The van der Waals surface area contributed by atoms with Crippen molar-refractivity contribution in [2.45, 2.75) is 26.3 Å². The number of likely N-dealkylation sites (N-methyl/N-ethyl adjacent to an activating group) is 1. The van der Waals surface area contributed by atoms with Gasteiger partial charge in [0.05, 0.1) is 0 Å². The molecule has 142 valence electrons. The van der Waals surface area contributed by atoms with E-state index in [1.165, 1.54) is 0 Å². The molecule has 2 aliphatic rings. The number of rotatable bonds is 3. The van der Waals surface area contributed by atoms with Crippen LogP contribution in [0.25, 0.3) is 0 Å². The number of amides is 2. The van der Waals surface area contributed by atoms with Crippen molar-refractivity contribution in [1.82, 2.24) is 20.1 Å². The number of carbonyl (C=O) groups is 2. The Labute approximate surface area is 155 Å². The quantitative estimate of drug-likeness (QED) is 0.865. The normalized spacial score (nSPS) is 24.4. The van der Waals surface area contributed by atoms with E-state index in [0.29, 0.717) is 18.0 Å². The number of pyridine rings is 1. The number of anilines is 1. The lowest BCUT2D eigenvalue weighted by Crippen LogP contribution is -2.51. The molecule has 3 rings (SSSR count). The number of nitrogens with zero attached hydrogens (tertiary/aromatic N) is 4. The van der Waals surface area contributed by atoms with Gasteiger partial charge in [0.15, 0.2) is 0 Å².